The van der Waals surface area contributed by atoms with Crippen LogP contribution in [0.25, 0.3) is 0 Å². The summed E-state index contributed by atoms with van der Waals surface area (Å²) in [5, 5.41) is 3.42. The molecular weight excluding hydrogens is 252 g/mol. The maximum atomic E-state index is 11.5. The van der Waals surface area contributed by atoms with Gasteiger partial charge in [-0.15, -0.1) is 0 Å². The van der Waals surface area contributed by atoms with Gasteiger partial charge in [-0.2, -0.15) is 0 Å². The smallest absolute Gasteiger partial charge is 0.257 e. The van der Waals surface area contributed by atoms with E-state index in [0.717, 1.165) is 5.56 Å². The number of carbonyl (C=O) groups excluding carboxylic acids is 1. The van der Waals surface area contributed by atoms with E-state index in [1.165, 1.54) is 0 Å². The van der Waals surface area contributed by atoms with Crippen molar-refractivity contribution in [2.24, 2.45) is 11.7 Å². The number of hydrogen-bond donors (Lipinski definition) is 2. The third kappa shape index (κ3) is 4.94. The van der Waals surface area contributed by atoms with Gasteiger partial charge >= 0.3 is 0 Å². The van der Waals surface area contributed by atoms with Gasteiger partial charge in [0.25, 0.3) is 5.91 Å². The molecule has 100 valence electrons. The average Bonchev–Trinajstić information content (AvgIpc) is 2.34. The summed E-state index contributed by atoms with van der Waals surface area (Å²) in [5.41, 5.74) is 6.37. The normalized spacial score (nSPS) is 12.0. The molecule has 1 aromatic rings. The molecule has 1 atom stereocenters. The number of amides is 1. The summed E-state index contributed by atoms with van der Waals surface area (Å²) in [6.07, 6.45) is 0. The van der Waals surface area contributed by atoms with Crippen molar-refractivity contribution in [1.29, 1.82) is 0 Å². The van der Waals surface area contributed by atoms with E-state index >= 15 is 0 Å². The molecule has 0 saturated heterocycles. The monoisotopic (exact) mass is 270 g/mol. The molecule has 1 unspecified atom stereocenters. The van der Waals surface area contributed by atoms with E-state index in [0.29, 0.717) is 23.9 Å². The van der Waals surface area contributed by atoms with Crippen LogP contribution in [0.2, 0.25) is 5.02 Å². The number of aryl methyl sites for hydroxylation is 1. The first-order valence-corrected chi connectivity index (χ1v) is 6.26. The summed E-state index contributed by atoms with van der Waals surface area (Å²) < 4.78 is 5.42. The number of ether oxygens (including phenoxy) is 1. The molecule has 0 aliphatic heterocycles. The van der Waals surface area contributed by atoms with E-state index in [1.54, 1.807) is 18.2 Å². The minimum atomic E-state index is -0.148. The van der Waals surface area contributed by atoms with Crippen molar-refractivity contribution in [1.82, 2.24) is 5.32 Å². The second kappa shape index (κ2) is 7.24. The SMILES string of the molecule is Cc1cc(Cl)ccc1OCC(=O)NCC(C)CN. The highest BCUT2D eigenvalue weighted by molar-refractivity contribution is 6.30. The van der Waals surface area contributed by atoms with Crippen LogP contribution in [0.15, 0.2) is 18.2 Å². The quantitative estimate of drug-likeness (QED) is 0.828. The summed E-state index contributed by atoms with van der Waals surface area (Å²) >= 11 is 5.83. The topological polar surface area (TPSA) is 64.3 Å². The third-order valence-electron chi connectivity index (χ3n) is 2.55. The average molecular weight is 271 g/mol. The second-order valence-electron chi connectivity index (χ2n) is 4.34. The lowest BCUT2D eigenvalue weighted by atomic mass is 10.2. The van der Waals surface area contributed by atoms with Crippen molar-refractivity contribution in [3.63, 3.8) is 0 Å². The van der Waals surface area contributed by atoms with Gasteiger partial charge in [-0.3, -0.25) is 4.79 Å². The maximum absolute atomic E-state index is 11.5. The fraction of sp³-hybridized carbons (Fsp3) is 0.462. The van der Waals surface area contributed by atoms with Gasteiger partial charge in [0.2, 0.25) is 0 Å². The molecule has 0 spiro atoms. The minimum absolute atomic E-state index is 0.000234. The Morgan fingerprint density at radius 3 is 2.89 bits per heavy atom. The van der Waals surface area contributed by atoms with Crippen LogP contribution < -0.4 is 15.8 Å². The van der Waals surface area contributed by atoms with Crippen LogP contribution >= 0.6 is 11.6 Å². The zero-order valence-electron chi connectivity index (χ0n) is 10.7. The maximum Gasteiger partial charge on any atom is 0.257 e. The minimum Gasteiger partial charge on any atom is -0.484 e. The molecule has 0 fully saturated rings. The summed E-state index contributed by atoms with van der Waals surface area (Å²) in [5.74, 6) is 0.789. The molecular formula is C13H19ClN2O2. The number of carbonyl (C=O) groups is 1. The Hall–Kier alpha value is -1.26. The van der Waals surface area contributed by atoms with E-state index < -0.39 is 0 Å². The fourth-order valence-electron chi connectivity index (χ4n) is 1.34. The number of rotatable bonds is 6. The van der Waals surface area contributed by atoms with Crippen molar-refractivity contribution in [3.05, 3.63) is 28.8 Å². The molecule has 4 nitrogen and oxygen atoms in total. The van der Waals surface area contributed by atoms with E-state index in [9.17, 15) is 4.79 Å². The van der Waals surface area contributed by atoms with Crippen LogP contribution in [0, 0.1) is 12.8 Å². The molecule has 0 bridgehead atoms. The van der Waals surface area contributed by atoms with Crippen LogP contribution in [0.3, 0.4) is 0 Å². The zero-order valence-corrected chi connectivity index (χ0v) is 11.5. The lowest BCUT2D eigenvalue weighted by Crippen LogP contribution is -2.34. The Kier molecular flexibility index (Phi) is 5.95. The molecule has 5 heteroatoms. The van der Waals surface area contributed by atoms with Gasteiger partial charge in [0, 0.05) is 11.6 Å². The largest absolute Gasteiger partial charge is 0.484 e. The van der Waals surface area contributed by atoms with Gasteiger partial charge < -0.3 is 15.8 Å². The standard InChI is InChI=1S/C13H19ClN2O2/c1-9(6-15)7-16-13(17)8-18-12-4-3-11(14)5-10(12)2/h3-5,9H,6-8,15H2,1-2H3,(H,16,17). The Morgan fingerprint density at radius 1 is 1.56 bits per heavy atom. The van der Waals surface area contributed by atoms with Crippen LogP contribution in [0.1, 0.15) is 12.5 Å². The van der Waals surface area contributed by atoms with Crippen LogP contribution in [-0.4, -0.2) is 25.6 Å². The summed E-state index contributed by atoms with van der Waals surface area (Å²) in [7, 11) is 0. The van der Waals surface area contributed by atoms with Gasteiger partial charge in [-0.25, -0.2) is 0 Å². The molecule has 3 N–H and O–H groups in total. The lowest BCUT2D eigenvalue weighted by Gasteiger charge is -2.12. The highest BCUT2D eigenvalue weighted by Crippen LogP contribution is 2.21. The number of nitrogens with two attached hydrogens (primary N) is 1. The highest BCUT2D eigenvalue weighted by Gasteiger charge is 2.06. The number of hydrogen-bond acceptors (Lipinski definition) is 3. The van der Waals surface area contributed by atoms with E-state index in [1.807, 2.05) is 13.8 Å². The third-order valence-corrected chi connectivity index (χ3v) is 2.78. The van der Waals surface area contributed by atoms with Crippen molar-refractivity contribution in [2.45, 2.75) is 13.8 Å². The first-order valence-electron chi connectivity index (χ1n) is 5.88. The van der Waals surface area contributed by atoms with Gasteiger partial charge in [0.05, 0.1) is 0 Å². The fourth-order valence-corrected chi connectivity index (χ4v) is 1.57. The molecule has 0 aromatic heterocycles. The molecule has 0 aliphatic carbocycles. The second-order valence-corrected chi connectivity index (χ2v) is 4.78. The van der Waals surface area contributed by atoms with Crippen molar-refractivity contribution >= 4 is 17.5 Å². The molecule has 1 rings (SSSR count). The van der Waals surface area contributed by atoms with Crippen molar-refractivity contribution < 1.29 is 9.53 Å². The molecule has 0 aliphatic rings. The molecule has 18 heavy (non-hydrogen) atoms. The Morgan fingerprint density at radius 2 is 2.28 bits per heavy atom. The van der Waals surface area contributed by atoms with E-state index in [4.69, 9.17) is 22.1 Å². The highest BCUT2D eigenvalue weighted by atomic mass is 35.5. The molecule has 1 amide bonds. The Bertz CT molecular complexity index is 410. The molecule has 1 aromatic carbocycles. The van der Waals surface area contributed by atoms with Gasteiger partial charge in [-0.1, -0.05) is 18.5 Å². The van der Waals surface area contributed by atoms with Crippen molar-refractivity contribution in [3.8, 4) is 5.75 Å². The summed E-state index contributed by atoms with van der Waals surface area (Å²) in [6, 6.07) is 5.29. The lowest BCUT2D eigenvalue weighted by molar-refractivity contribution is -0.123. The molecule has 0 heterocycles. The number of benzene rings is 1. The van der Waals surface area contributed by atoms with E-state index in [2.05, 4.69) is 5.32 Å². The van der Waals surface area contributed by atoms with E-state index in [-0.39, 0.29) is 18.4 Å². The van der Waals surface area contributed by atoms with Crippen LogP contribution in [0.4, 0.5) is 0 Å². The zero-order chi connectivity index (χ0) is 13.5. The van der Waals surface area contributed by atoms with Gasteiger partial charge in [-0.05, 0) is 43.1 Å². The molecule has 0 radical (unpaired) electrons. The van der Waals surface area contributed by atoms with Gasteiger partial charge in [0.1, 0.15) is 5.75 Å². The summed E-state index contributed by atoms with van der Waals surface area (Å²) in [4.78, 5) is 11.5. The Balaban J connectivity index is 2.38. The Labute approximate surface area is 112 Å². The predicted molar refractivity (Wildman–Crippen MR) is 72.9 cm³/mol. The first kappa shape index (κ1) is 14.8. The van der Waals surface area contributed by atoms with Crippen LogP contribution in [0.5, 0.6) is 5.75 Å². The predicted octanol–water partition coefficient (Wildman–Crippen LogP) is 1.74. The van der Waals surface area contributed by atoms with Crippen molar-refractivity contribution in [2.75, 3.05) is 19.7 Å². The number of halogens is 1. The first-order chi connectivity index (χ1) is 8.52. The van der Waals surface area contributed by atoms with Crippen LogP contribution in [-0.2, 0) is 4.79 Å². The number of nitrogens with one attached hydrogen (secondary N) is 1. The molecule has 0 saturated carbocycles. The van der Waals surface area contributed by atoms with Gasteiger partial charge in [0.15, 0.2) is 6.61 Å². The summed E-state index contributed by atoms with van der Waals surface area (Å²) in [6.45, 7) is 4.98.